The summed E-state index contributed by atoms with van der Waals surface area (Å²) >= 11 is 1.34. The number of anilines is 1. The fraction of sp³-hybridized carbons (Fsp3) is 0.391. The van der Waals surface area contributed by atoms with Crippen molar-refractivity contribution in [2.45, 2.75) is 35.7 Å². The number of benzene rings is 1. The molecule has 1 saturated heterocycles. The van der Waals surface area contributed by atoms with Gasteiger partial charge in [0.1, 0.15) is 0 Å². The van der Waals surface area contributed by atoms with E-state index in [2.05, 4.69) is 15.2 Å². The van der Waals surface area contributed by atoms with Crippen molar-refractivity contribution in [2.24, 2.45) is 7.05 Å². The molecular weight excluding hydrogens is 472 g/mol. The molecule has 1 aromatic carbocycles. The molecule has 0 bridgehead atoms. The van der Waals surface area contributed by atoms with Crippen LogP contribution >= 0.6 is 11.8 Å². The van der Waals surface area contributed by atoms with E-state index in [1.54, 1.807) is 39.8 Å². The van der Waals surface area contributed by atoms with Crippen LogP contribution in [0.25, 0.3) is 11.4 Å². The number of fused-ring (bicyclic) bond motifs is 1. The molecule has 1 fully saturated rings. The van der Waals surface area contributed by atoms with E-state index in [9.17, 15) is 13.2 Å². The first-order valence-electron chi connectivity index (χ1n) is 11.3. The molecule has 5 rings (SSSR count). The van der Waals surface area contributed by atoms with Crippen LogP contribution < -0.4 is 4.90 Å². The average Bonchev–Trinajstić information content (AvgIpc) is 3.46. The summed E-state index contributed by atoms with van der Waals surface area (Å²) in [6, 6.07) is 8.87. The minimum Gasteiger partial charge on any atom is -0.311 e. The van der Waals surface area contributed by atoms with E-state index in [0.29, 0.717) is 41.9 Å². The Kier molecular flexibility index (Phi) is 6.41. The van der Waals surface area contributed by atoms with Gasteiger partial charge in [-0.2, -0.15) is 4.31 Å². The first-order chi connectivity index (χ1) is 16.4. The Morgan fingerprint density at radius 1 is 1.03 bits per heavy atom. The summed E-state index contributed by atoms with van der Waals surface area (Å²) in [5.41, 5.74) is 2.60. The number of carbonyl (C=O) groups is 1. The summed E-state index contributed by atoms with van der Waals surface area (Å²) in [7, 11) is -1.62. The molecule has 4 heterocycles. The molecule has 0 saturated carbocycles. The van der Waals surface area contributed by atoms with Gasteiger partial charge in [-0.15, -0.1) is 10.2 Å². The number of hydrogen-bond donors (Lipinski definition) is 0. The number of nitrogens with zero attached hydrogens (tertiary/aromatic N) is 6. The van der Waals surface area contributed by atoms with Gasteiger partial charge in [0.05, 0.1) is 10.6 Å². The van der Waals surface area contributed by atoms with Crippen molar-refractivity contribution >= 4 is 33.4 Å². The van der Waals surface area contributed by atoms with Crippen LogP contribution in [0.3, 0.4) is 0 Å². The molecule has 1 amide bonds. The SMILES string of the molecule is Cn1c(SCC(=O)N2CCc3cc(S(=O)(=O)N4CCCCC4)ccc32)nnc1-c1ccncc1. The zero-order valence-electron chi connectivity index (χ0n) is 18.9. The predicted octanol–water partition coefficient (Wildman–Crippen LogP) is 2.73. The zero-order valence-corrected chi connectivity index (χ0v) is 20.6. The lowest BCUT2D eigenvalue weighted by atomic mass is 10.2. The van der Waals surface area contributed by atoms with Crippen molar-refractivity contribution in [1.82, 2.24) is 24.1 Å². The number of piperidine rings is 1. The fourth-order valence-corrected chi connectivity index (χ4v) is 6.80. The van der Waals surface area contributed by atoms with Gasteiger partial charge in [-0.05, 0) is 55.2 Å². The predicted molar refractivity (Wildman–Crippen MR) is 130 cm³/mol. The average molecular weight is 499 g/mol. The van der Waals surface area contributed by atoms with Crippen LogP contribution in [0, 0.1) is 0 Å². The fourth-order valence-electron chi connectivity index (χ4n) is 4.45. The summed E-state index contributed by atoms with van der Waals surface area (Å²) < 4.78 is 29.5. The maximum absolute atomic E-state index is 13.0. The minimum atomic E-state index is -3.49. The van der Waals surface area contributed by atoms with Crippen molar-refractivity contribution in [3.8, 4) is 11.4 Å². The largest absolute Gasteiger partial charge is 0.311 e. The van der Waals surface area contributed by atoms with Crippen LogP contribution in [0.4, 0.5) is 5.69 Å². The quantitative estimate of drug-likeness (QED) is 0.482. The summed E-state index contributed by atoms with van der Waals surface area (Å²) in [6.45, 7) is 1.70. The van der Waals surface area contributed by atoms with E-state index in [4.69, 9.17) is 0 Å². The molecule has 178 valence electrons. The Labute approximate surface area is 203 Å². The molecule has 0 radical (unpaired) electrons. The van der Waals surface area contributed by atoms with E-state index >= 15 is 0 Å². The number of aromatic nitrogens is 4. The Hall–Kier alpha value is -2.76. The number of hydrogen-bond acceptors (Lipinski definition) is 7. The highest BCUT2D eigenvalue weighted by atomic mass is 32.2. The molecule has 0 unspecified atom stereocenters. The third kappa shape index (κ3) is 4.35. The molecule has 0 spiro atoms. The van der Waals surface area contributed by atoms with Crippen molar-refractivity contribution in [2.75, 3.05) is 30.3 Å². The van der Waals surface area contributed by atoms with Crippen molar-refractivity contribution < 1.29 is 13.2 Å². The summed E-state index contributed by atoms with van der Waals surface area (Å²) in [5, 5.41) is 9.13. The molecule has 11 heteroatoms. The van der Waals surface area contributed by atoms with E-state index < -0.39 is 10.0 Å². The van der Waals surface area contributed by atoms with Gasteiger partial charge in [0.15, 0.2) is 11.0 Å². The highest BCUT2D eigenvalue weighted by Gasteiger charge is 2.30. The first-order valence-corrected chi connectivity index (χ1v) is 13.7. The van der Waals surface area contributed by atoms with Crippen LogP contribution in [0.15, 0.2) is 52.8 Å². The van der Waals surface area contributed by atoms with Crippen molar-refractivity contribution in [1.29, 1.82) is 0 Å². The zero-order chi connectivity index (χ0) is 23.7. The third-order valence-electron chi connectivity index (χ3n) is 6.30. The third-order valence-corrected chi connectivity index (χ3v) is 9.20. The van der Waals surface area contributed by atoms with E-state index in [1.807, 2.05) is 23.7 Å². The summed E-state index contributed by atoms with van der Waals surface area (Å²) in [5.74, 6) is 0.894. The number of thioether (sulfide) groups is 1. The minimum absolute atomic E-state index is 0.0381. The van der Waals surface area contributed by atoms with Gasteiger partial charge in [-0.25, -0.2) is 8.42 Å². The van der Waals surface area contributed by atoms with Crippen molar-refractivity contribution in [3.63, 3.8) is 0 Å². The van der Waals surface area contributed by atoms with Crippen LogP contribution in [0.2, 0.25) is 0 Å². The summed E-state index contributed by atoms with van der Waals surface area (Å²) in [6.07, 6.45) is 6.93. The highest BCUT2D eigenvalue weighted by Crippen LogP contribution is 2.33. The van der Waals surface area contributed by atoms with Gasteiger partial charge in [0.2, 0.25) is 15.9 Å². The molecule has 0 N–H and O–H groups in total. The van der Waals surface area contributed by atoms with Gasteiger partial charge < -0.3 is 9.47 Å². The second-order valence-electron chi connectivity index (χ2n) is 8.44. The lowest BCUT2D eigenvalue weighted by Gasteiger charge is -2.26. The van der Waals surface area contributed by atoms with Gasteiger partial charge in [-0.3, -0.25) is 9.78 Å². The monoisotopic (exact) mass is 498 g/mol. The second kappa shape index (κ2) is 9.47. The molecule has 2 aliphatic heterocycles. The lowest BCUT2D eigenvalue weighted by molar-refractivity contribution is -0.116. The summed E-state index contributed by atoms with van der Waals surface area (Å²) in [4.78, 5) is 19.1. The molecule has 34 heavy (non-hydrogen) atoms. The van der Waals surface area contributed by atoms with E-state index in [-0.39, 0.29) is 11.7 Å². The molecule has 3 aromatic rings. The molecule has 2 aromatic heterocycles. The number of carbonyl (C=O) groups excluding carboxylic acids is 1. The highest BCUT2D eigenvalue weighted by molar-refractivity contribution is 7.99. The van der Waals surface area contributed by atoms with Crippen LogP contribution in [-0.4, -0.2) is 63.8 Å². The molecule has 0 aliphatic carbocycles. The second-order valence-corrected chi connectivity index (χ2v) is 11.3. The normalized spacial score (nSPS) is 16.6. The van der Waals surface area contributed by atoms with Crippen LogP contribution in [0.5, 0.6) is 0 Å². The standard InChI is InChI=1S/C23H26N6O3S2/c1-27-22(17-7-10-24-11-8-17)25-26-23(27)33-16-21(30)29-14-9-18-15-19(5-6-20(18)29)34(31,32)28-12-3-2-4-13-28/h5-8,10-11,15H,2-4,9,12-14,16H2,1H3. The maximum atomic E-state index is 13.0. The molecule has 2 aliphatic rings. The van der Waals surface area contributed by atoms with Gasteiger partial charge in [-0.1, -0.05) is 18.2 Å². The number of amides is 1. The molecular formula is C23H26N6O3S2. The van der Waals surface area contributed by atoms with E-state index in [1.165, 1.54) is 11.8 Å². The van der Waals surface area contributed by atoms with Gasteiger partial charge >= 0.3 is 0 Å². The van der Waals surface area contributed by atoms with Gasteiger partial charge in [0.25, 0.3) is 0 Å². The van der Waals surface area contributed by atoms with Gasteiger partial charge in [0, 0.05) is 50.3 Å². The number of sulfonamides is 1. The Bertz CT molecular complexity index is 1300. The number of pyridine rings is 1. The molecule has 9 nitrogen and oxygen atoms in total. The molecule has 0 atom stereocenters. The lowest BCUT2D eigenvalue weighted by Crippen LogP contribution is -2.35. The topological polar surface area (TPSA) is 101 Å². The first kappa shape index (κ1) is 23.0. The smallest absolute Gasteiger partial charge is 0.243 e. The Balaban J connectivity index is 1.27. The van der Waals surface area contributed by atoms with Crippen LogP contribution in [0.1, 0.15) is 24.8 Å². The van der Waals surface area contributed by atoms with E-state index in [0.717, 1.165) is 36.1 Å². The van der Waals surface area contributed by atoms with Crippen LogP contribution in [-0.2, 0) is 28.3 Å². The van der Waals surface area contributed by atoms with Crippen molar-refractivity contribution in [3.05, 3.63) is 48.3 Å². The Morgan fingerprint density at radius 3 is 2.56 bits per heavy atom. The number of rotatable bonds is 6. The maximum Gasteiger partial charge on any atom is 0.243 e. The Morgan fingerprint density at radius 2 is 1.79 bits per heavy atom.